The van der Waals surface area contributed by atoms with Gasteiger partial charge in [0.2, 0.25) is 5.91 Å². The number of amides is 1. The van der Waals surface area contributed by atoms with Gasteiger partial charge >= 0.3 is 5.97 Å². The van der Waals surface area contributed by atoms with Gasteiger partial charge in [0.1, 0.15) is 0 Å². The third-order valence-corrected chi connectivity index (χ3v) is 2.38. The van der Waals surface area contributed by atoms with Crippen molar-refractivity contribution in [1.82, 2.24) is 15.0 Å². The highest BCUT2D eigenvalue weighted by molar-refractivity contribution is 5.88. The molecule has 2 N–H and O–H groups in total. The van der Waals surface area contributed by atoms with E-state index in [9.17, 15) is 9.59 Å². The van der Waals surface area contributed by atoms with Crippen LogP contribution in [0.2, 0.25) is 0 Å². The first-order valence-corrected chi connectivity index (χ1v) is 5.33. The molecule has 7 nitrogen and oxygen atoms in total. The summed E-state index contributed by atoms with van der Waals surface area (Å²) in [6.45, 7) is 5.68. The van der Waals surface area contributed by atoms with Crippen LogP contribution in [-0.4, -0.2) is 33.5 Å². The van der Waals surface area contributed by atoms with Crippen molar-refractivity contribution in [1.29, 1.82) is 0 Å². The Bertz CT molecular complexity index is 427. The van der Waals surface area contributed by atoms with E-state index in [1.54, 1.807) is 20.8 Å². The predicted molar refractivity (Wildman–Crippen MR) is 59.1 cm³/mol. The number of nitrogens with zero attached hydrogens (tertiary/aromatic N) is 3. The molecule has 0 spiro atoms. The quantitative estimate of drug-likeness (QED) is 0.723. The van der Waals surface area contributed by atoms with Gasteiger partial charge in [0.15, 0.2) is 5.69 Å². The first-order chi connectivity index (χ1) is 7.97. The van der Waals surface area contributed by atoms with Crippen LogP contribution in [0.4, 0.5) is 0 Å². The van der Waals surface area contributed by atoms with Gasteiger partial charge in [-0.05, 0) is 13.8 Å². The summed E-state index contributed by atoms with van der Waals surface area (Å²) in [6.07, 6.45) is 0. The Labute approximate surface area is 98.9 Å². The van der Waals surface area contributed by atoms with Crippen molar-refractivity contribution in [3.05, 3.63) is 11.4 Å². The van der Waals surface area contributed by atoms with Crippen molar-refractivity contribution < 1.29 is 14.3 Å². The Morgan fingerprint density at radius 3 is 2.71 bits per heavy atom. The average Bonchev–Trinajstić information content (AvgIpc) is 2.61. The number of aromatic nitrogens is 3. The van der Waals surface area contributed by atoms with E-state index in [2.05, 4.69) is 10.3 Å². The second kappa shape index (κ2) is 5.42. The monoisotopic (exact) mass is 240 g/mol. The molecule has 0 saturated carbocycles. The van der Waals surface area contributed by atoms with Crippen LogP contribution in [0.1, 0.15) is 30.0 Å². The van der Waals surface area contributed by atoms with E-state index in [1.807, 2.05) is 0 Å². The van der Waals surface area contributed by atoms with Crippen LogP contribution >= 0.6 is 0 Å². The zero-order valence-electron chi connectivity index (χ0n) is 10.1. The van der Waals surface area contributed by atoms with Crippen molar-refractivity contribution in [2.75, 3.05) is 6.61 Å². The van der Waals surface area contributed by atoms with E-state index in [0.29, 0.717) is 12.2 Å². The summed E-state index contributed by atoms with van der Waals surface area (Å²) in [6, 6.07) is 0. The minimum absolute atomic E-state index is 0.170. The van der Waals surface area contributed by atoms with Gasteiger partial charge in [-0.15, -0.1) is 5.10 Å². The second-order valence-electron chi connectivity index (χ2n) is 3.73. The minimum Gasteiger partial charge on any atom is -0.461 e. The molecular formula is C10H16N4O3. The molecule has 0 aliphatic heterocycles. The summed E-state index contributed by atoms with van der Waals surface area (Å²) < 4.78 is 6.30. The van der Waals surface area contributed by atoms with Gasteiger partial charge in [-0.2, -0.15) is 0 Å². The summed E-state index contributed by atoms with van der Waals surface area (Å²) in [5.41, 5.74) is 5.89. The number of nitrogens with two attached hydrogens (primary N) is 1. The zero-order chi connectivity index (χ0) is 13.0. The Kier molecular flexibility index (Phi) is 4.19. The molecule has 1 aromatic rings. The molecule has 0 aromatic carbocycles. The van der Waals surface area contributed by atoms with E-state index >= 15 is 0 Å². The molecule has 1 unspecified atom stereocenters. The molecule has 1 amide bonds. The van der Waals surface area contributed by atoms with Crippen molar-refractivity contribution in [3.63, 3.8) is 0 Å². The van der Waals surface area contributed by atoms with Gasteiger partial charge < -0.3 is 10.5 Å². The summed E-state index contributed by atoms with van der Waals surface area (Å²) in [5.74, 6) is -1.30. The molecule has 1 heterocycles. The fourth-order valence-corrected chi connectivity index (χ4v) is 1.27. The third-order valence-electron chi connectivity index (χ3n) is 2.38. The highest BCUT2D eigenvalue weighted by Crippen LogP contribution is 2.08. The molecular weight excluding hydrogens is 224 g/mol. The zero-order valence-corrected chi connectivity index (χ0v) is 10.1. The number of carbonyl (C=O) groups excluding carboxylic acids is 2. The maximum absolute atomic E-state index is 11.5. The summed E-state index contributed by atoms with van der Waals surface area (Å²) in [5, 5.41) is 7.53. The lowest BCUT2D eigenvalue weighted by molar-refractivity contribution is -0.121. The number of esters is 1. The van der Waals surface area contributed by atoms with Crippen LogP contribution in [0.25, 0.3) is 0 Å². The normalized spacial score (nSPS) is 12.2. The number of rotatable bonds is 5. The Balaban J connectivity index is 2.84. The summed E-state index contributed by atoms with van der Waals surface area (Å²) in [4.78, 5) is 22.4. The van der Waals surface area contributed by atoms with Gasteiger partial charge in [0.25, 0.3) is 0 Å². The van der Waals surface area contributed by atoms with Crippen molar-refractivity contribution in [3.8, 4) is 0 Å². The molecule has 1 rings (SSSR count). The molecule has 94 valence electrons. The average molecular weight is 240 g/mol. The molecule has 0 aliphatic rings. The van der Waals surface area contributed by atoms with Crippen LogP contribution in [0, 0.1) is 12.8 Å². The van der Waals surface area contributed by atoms with E-state index in [1.165, 1.54) is 4.68 Å². The Morgan fingerprint density at radius 1 is 1.53 bits per heavy atom. The number of primary amides is 1. The second-order valence-corrected chi connectivity index (χ2v) is 3.73. The van der Waals surface area contributed by atoms with Crippen LogP contribution in [0.3, 0.4) is 0 Å². The molecule has 1 atom stereocenters. The van der Waals surface area contributed by atoms with Crippen LogP contribution in [0.5, 0.6) is 0 Å². The smallest absolute Gasteiger partial charge is 0.360 e. The van der Waals surface area contributed by atoms with Gasteiger partial charge in [-0.3, -0.25) is 4.79 Å². The molecule has 17 heavy (non-hydrogen) atoms. The molecule has 0 aliphatic carbocycles. The number of ether oxygens (including phenoxy) is 1. The van der Waals surface area contributed by atoms with E-state index < -0.39 is 11.9 Å². The molecule has 0 bridgehead atoms. The number of hydrogen-bond acceptors (Lipinski definition) is 5. The van der Waals surface area contributed by atoms with Crippen molar-refractivity contribution in [2.24, 2.45) is 11.7 Å². The highest BCUT2D eigenvalue weighted by atomic mass is 16.5. The van der Waals surface area contributed by atoms with Gasteiger partial charge in [-0.1, -0.05) is 12.1 Å². The van der Waals surface area contributed by atoms with Crippen LogP contribution in [-0.2, 0) is 16.1 Å². The largest absolute Gasteiger partial charge is 0.461 e. The number of hydrogen-bond donors (Lipinski definition) is 1. The van der Waals surface area contributed by atoms with Gasteiger partial charge in [-0.25, -0.2) is 9.48 Å². The lowest BCUT2D eigenvalue weighted by atomic mass is 10.2. The minimum atomic E-state index is -0.511. The molecule has 0 fully saturated rings. The van der Waals surface area contributed by atoms with E-state index in [4.69, 9.17) is 10.5 Å². The van der Waals surface area contributed by atoms with Crippen LogP contribution in [0.15, 0.2) is 0 Å². The topological polar surface area (TPSA) is 100 Å². The predicted octanol–water partition coefficient (Wildman–Crippen LogP) is -0.115. The standard InChI is InChI=1S/C10H16N4O3/c1-4-17-10(16)8-7(3)14(13-12-8)5-6(2)9(11)15/h6H,4-5H2,1-3H3,(H2,11,15). The molecule has 0 radical (unpaired) electrons. The van der Waals surface area contributed by atoms with E-state index in [0.717, 1.165) is 0 Å². The SMILES string of the molecule is CCOC(=O)c1nnn(CC(C)C(N)=O)c1C. The molecule has 1 aromatic heterocycles. The fourth-order valence-electron chi connectivity index (χ4n) is 1.27. The summed E-state index contributed by atoms with van der Waals surface area (Å²) in [7, 11) is 0. The maximum atomic E-state index is 11.5. The third kappa shape index (κ3) is 3.02. The summed E-state index contributed by atoms with van der Waals surface area (Å²) >= 11 is 0. The highest BCUT2D eigenvalue weighted by Gasteiger charge is 2.19. The Hall–Kier alpha value is -1.92. The first-order valence-electron chi connectivity index (χ1n) is 5.33. The van der Waals surface area contributed by atoms with Crippen molar-refractivity contribution in [2.45, 2.75) is 27.3 Å². The van der Waals surface area contributed by atoms with Gasteiger partial charge in [0.05, 0.1) is 24.8 Å². The lowest BCUT2D eigenvalue weighted by Crippen LogP contribution is -2.25. The molecule has 0 saturated heterocycles. The molecule has 7 heteroatoms. The maximum Gasteiger partial charge on any atom is 0.360 e. The number of carbonyl (C=O) groups is 2. The van der Waals surface area contributed by atoms with Gasteiger partial charge in [0, 0.05) is 0 Å². The van der Waals surface area contributed by atoms with Crippen LogP contribution < -0.4 is 5.73 Å². The fraction of sp³-hybridized carbons (Fsp3) is 0.600. The van der Waals surface area contributed by atoms with E-state index in [-0.39, 0.29) is 18.2 Å². The first kappa shape index (κ1) is 13.1. The lowest BCUT2D eigenvalue weighted by Gasteiger charge is -2.08. The Morgan fingerprint density at radius 2 is 2.18 bits per heavy atom. The van der Waals surface area contributed by atoms with Crippen molar-refractivity contribution >= 4 is 11.9 Å².